The summed E-state index contributed by atoms with van der Waals surface area (Å²) in [6, 6.07) is -0.451. The summed E-state index contributed by atoms with van der Waals surface area (Å²) in [5.74, 6) is -0.000437. The van der Waals surface area contributed by atoms with Crippen LogP contribution in [0.3, 0.4) is 0 Å². The molecular formula is C13H25NO2. The van der Waals surface area contributed by atoms with Crippen LogP contribution in [0, 0.1) is 5.92 Å². The number of esters is 1. The van der Waals surface area contributed by atoms with Gasteiger partial charge in [0.15, 0.2) is 0 Å². The molecule has 16 heavy (non-hydrogen) atoms. The molecule has 1 rings (SSSR count). The van der Waals surface area contributed by atoms with Crippen molar-refractivity contribution in [2.24, 2.45) is 11.7 Å². The zero-order valence-corrected chi connectivity index (χ0v) is 10.6. The molecule has 2 N–H and O–H groups in total. The zero-order valence-electron chi connectivity index (χ0n) is 10.6. The van der Waals surface area contributed by atoms with E-state index in [0.717, 1.165) is 19.3 Å². The number of hydrogen-bond donors (Lipinski definition) is 1. The van der Waals surface area contributed by atoms with E-state index >= 15 is 0 Å². The summed E-state index contributed by atoms with van der Waals surface area (Å²) >= 11 is 0. The minimum atomic E-state index is -0.451. The Hall–Kier alpha value is -0.570. The van der Waals surface area contributed by atoms with Crippen molar-refractivity contribution in [1.29, 1.82) is 0 Å². The topological polar surface area (TPSA) is 52.3 Å². The molecular weight excluding hydrogens is 202 g/mol. The van der Waals surface area contributed by atoms with Gasteiger partial charge >= 0.3 is 5.97 Å². The summed E-state index contributed by atoms with van der Waals surface area (Å²) in [7, 11) is 0. The molecule has 0 saturated heterocycles. The lowest BCUT2D eigenvalue weighted by atomic mass is 10.0. The molecule has 3 nitrogen and oxygen atoms in total. The van der Waals surface area contributed by atoms with E-state index in [2.05, 4.69) is 0 Å². The number of carbonyl (C=O) groups excluding carboxylic acids is 1. The van der Waals surface area contributed by atoms with Gasteiger partial charge in [-0.15, -0.1) is 0 Å². The molecule has 0 amide bonds. The molecule has 0 aromatic heterocycles. The summed E-state index contributed by atoms with van der Waals surface area (Å²) in [6.07, 6.45) is 7.95. The molecule has 1 saturated carbocycles. The minimum absolute atomic E-state index is 0.116. The molecule has 0 aliphatic heterocycles. The van der Waals surface area contributed by atoms with E-state index < -0.39 is 6.04 Å². The highest BCUT2D eigenvalue weighted by Gasteiger charge is 2.24. The Morgan fingerprint density at radius 1 is 1.31 bits per heavy atom. The summed E-state index contributed by atoms with van der Waals surface area (Å²) in [5.41, 5.74) is 5.85. The Labute approximate surface area is 98.7 Å². The van der Waals surface area contributed by atoms with Crippen LogP contribution in [0.1, 0.15) is 58.8 Å². The van der Waals surface area contributed by atoms with E-state index in [0.29, 0.717) is 0 Å². The van der Waals surface area contributed by atoms with Gasteiger partial charge in [-0.05, 0) is 31.6 Å². The van der Waals surface area contributed by atoms with E-state index in [-0.39, 0.29) is 18.0 Å². The van der Waals surface area contributed by atoms with Gasteiger partial charge < -0.3 is 10.5 Å². The van der Waals surface area contributed by atoms with Gasteiger partial charge in [0.25, 0.3) is 0 Å². The van der Waals surface area contributed by atoms with Crippen LogP contribution in [0.2, 0.25) is 0 Å². The predicted octanol–water partition coefficient (Wildman–Crippen LogP) is 2.63. The van der Waals surface area contributed by atoms with E-state index in [1.54, 1.807) is 0 Å². The van der Waals surface area contributed by atoms with Gasteiger partial charge in [-0.2, -0.15) is 0 Å². The molecule has 0 unspecified atom stereocenters. The van der Waals surface area contributed by atoms with E-state index in [1.165, 1.54) is 25.7 Å². The maximum atomic E-state index is 11.8. The standard InChI is InChI=1S/C13H25NO2/c1-3-10(2)12(14)13(15)16-11-8-6-4-5-7-9-11/h10-12H,3-9,14H2,1-2H3/t10-,12-/m0/s1. The molecule has 1 aliphatic carbocycles. The average molecular weight is 227 g/mol. The van der Waals surface area contributed by atoms with Crippen molar-refractivity contribution in [3.8, 4) is 0 Å². The van der Waals surface area contributed by atoms with Crippen LogP contribution in [0.5, 0.6) is 0 Å². The van der Waals surface area contributed by atoms with Crippen molar-refractivity contribution >= 4 is 5.97 Å². The van der Waals surface area contributed by atoms with Gasteiger partial charge in [-0.1, -0.05) is 33.1 Å². The molecule has 0 radical (unpaired) electrons. The second-order valence-electron chi connectivity index (χ2n) is 4.96. The van der Waals surface area contributed by atoms with Crippen molar-refractivity contribution in [2.75, 3.05) is 0 Å². The SMILES string of the molecule is CC[C@H](C)[C@H](N)C(=O)OC1CCCCCC1. The first-order valence-corrected chi connectivity index (χ1v) is 6.61. The van der Waals surface area contributed by atoms with Crippen LogP contribution in [-0.2, 0) is 9.53 Å². The average Bonchev–Trinajstić information content (AvgIpc) is 2.55. The van der Waals surface area contributed by atoms with E-state index in [9.17, 15) is 4.79 Å². The summed E-state index contributed by atoms with van der Waals surface area (Å²) in [5, 5.41) is 0. The Morgan fingerprint density at radius 2 is 1.88 bits per heavy atom. The normalized spacial score (nSPS) is 22.2. The first kappa shape index (κ1) is 13.5. The number of ether oxygens (including phenoxy) is 1. The van der Waals surface area contributed by atoms with Crippen molar-refractivity contribution in [3.05, 3.63) is 0 Å². The molecule has 0 aromatic carbocycles. The number of carbonyl (C=O) groups is 1. The number of rotatable bonds is 4. The lowest BCUT2D eigenvalue weighted by molar-refractivity contribution is -0.152. The molecule has 2 atom stereocenters. The smallest absolute Gasteiger partial charge is 0.323 e. The second kappa shape index (κ2) is 6.89. The number of hydrogen-bond acceptors (Lipinski definition) is 3. The maximum absolute atomic E-state index is 11.8. The van der Waals surface area contributed by atoms with Crippen LogP contribution in [0.15, 0.2) is 0 Å². The molecule has 0 bridgehead atoms. The van der Waals surface area contributed by atoms with Crippen molar-refractivity contribution < 1.29 is 9.53 Å². The van der Waals surface area contributed by atoms with Crippen LogP contribution in [0.25, 0.3) is 0 Å². The van der Waals surface area contributed by atoms with Gasteiger partial charge in [0.2, 0.25) is 0 Å². The fourth-order valence-electron chi connectivity index (χ4n) is 2.09. The van der Waals surface area contributed by atoms with Crippen LogP contribution >= 0.6 is 0 Å². The van der Waals surface area contributed by atoms with E-state index in [1.807, 2.05) is 13.8 Å². The van der Waals surface area contributed by atoms with Gasteiger partial charge in [0.05, 0.1) is 0 Å². The maximum Gasteiger partial charge on any atom is 0.323 e. The summed E-state index contributed by atoms with van der Waals surface area (Å²) in [6.45, 7) is 4.04. The Balaban J connectivity index is 2.37. The first-order valence-electron chi connectivity index (χ1n) is 6.61. The lowest BCUT2D eigenvalue weighted by Gasteiger charge is -2.21. The molecule has 3 heteroatoms. The minimum Gasteiger partial charge on any atom is -0.461 e. The molecule has 1 fully saturated rings. The fourth-order valence-corrected chi connectivity index (χ4v) is 2.09. The van der Waals surface area contributed by atoms with E-state index in [4.69, 9.17) is 10.5 Å². The largest absolute Gasteiger partial charge is 0.461 e. The molecule has 0 spiro atoms. The van der Waals surface area contributed by atoms with Crippen LogP contribution in [-0.4, -0.2) is 18.1 Å². The van der Waals surface area contributed by atoms with Crippen molar-refractivity contribution in [2.45, 2.75) is 70.9 Å². The third-order valence-electron chi connectivity index (χ3n) is 3.61. The highest BCUT2D eigenvalue weighted by molar-refractivity contribution is 5.76. The monoisotopic (exact) mass is 227 g/mol. The van der Waals surface area contributed by atoms with Gasteiger partial charge in [-0.25, -0.2) is 0 Å². The van der Waals surface area contributed by atoms with Gasteiger partial charge in [0.1, 0.15) is 12.1 Å². The summed E-state index contributed by atoms with van der Waals surface area (Å²) in [4.78, 5) is 11.8. The first-order chi connectivity index (χ1) is 7.65. The van der Waals surface area contributed by atoms with Gasteiger partial charge in [0, 0.05) is 0 Å². The molecule has 1 aliphatic rings. The Kier molecular flexibility index (Phi) is 5.81. The summed E-state index contributed by atoms with van der Waals surface area (Å²) < 4.78 is 5.49. The fraction of sp³-hybridized carbons (Fsp3) is 0.923. The number of nitrogens with two attached hydrogens (primary N) is 1. The third kappa shape index (κ3) is 4.12. The molecule has 94 valence electrons. The third-order valence-corrected chi connectivity index (χ3v) is 3.61. The van der Waals surface area contributed by atoms with Crippen molar-refractivity contribution in [3.63, 3.8) is 0 Å². The van der Waals surface area contributed by atoms with Crippen molar-refractivity contribution in [1.82, 2.24) is 0 Å². The zero-order chi connectivity index (χ0) is 12.0. The highest BCUT2D eigenvalue weighted by atomic mass is 16.5. The Bertz CT molecular complexity index is 210. The predicted molar refractivity (Wildman–Crippen MR) is 65.0 cm³/mol. The second-order valence-corrected chi connectivity index (χ2v) is 4.96. The molecule has 0 heterocycles. The van der Waals surface area contributed by atoms with Crippen LogP contribution < -0.4 is 5.73 Å². The van der Waals surface area contributed by atoms with Gasteiger partial charge in [-0.3, -0.25) is 4.79 Å². The lowest BCUT2D eigenvalue weighted by Crippen LogP contribution is -2.39. The quantitative estimate of drug-likeness (QED) is 0.593. The molecule has 0 aromatic rings. The van der Waals surface area contributed by atoms with Crippen LogP contribution in [0.4, 0.5) is 0 Å². The Morgan fingerprint density at radius 3 is 2.38 bits per heavy atom. The highest BCUT2D eigenvalue weighted by Crippen LogP contribution is 2.20.